The van der Waals surface area contributed by atoms with Gasteiger partial charge in [0.05, 0.1) is 0 Å². The molecule has 1 atom stereocenters. The fraction of sp³-hybridized carbons (Fsp3) is 0.600. The molecule has 0 spiro atoms. The maximum absolute atomic E-state index is 11.5. The fourth-order valence-electron chi connectivity index (χ4n) is 1.93. The van der Waals surface area contributed by atoms with Crippen molar-refractivity contribution < 1.29 is 9.32 Å². The van der Waals surface area contributed by atoms with Gasteiger partial charge in [-0.3, -0.25) is 4.79 Å². The van der Waals surface area contributed by atoms with E-state index in [1.807, 2.05) is 0 Å². The molecule has 0 aliphatic carbocycles. The van der Waals surface area contributed by atoms with E-state index in [0.717, 1.165) is 31.6 Å². The molecule has 2 heterocycles. The molecule has 5 nitrogen and oxygen atoms in total. The van der Waals surface area contributed by atoms with Crippen LogP contribution in [0.15, 0.2) is 10.8 Å². The van der Waals surface area contributed by atoms with Crippen molar-refractivity contribution in [1.29, 1.82) is 0 Å². The molecule has 2 N–H and O–H groups in total. The SMILES string of the molecule is CNC(=O)c1conc1[C@H]1CCCNC1. The standard InChI is InChI=1S/C10H15N3O2/c1-11-10(14)8-6-15-13-9(8)7-3-2-4-12-5-7/h6-7,12H,2-5H2,1H3,(H,11,14)/t7-/m0/s1. The summed E-state index contributed by atoms with van der Waals surface area (Å²) in [5, 5.41) is 9.81. The minimum Gasteiger partial charge on any atom is -0.364 e. The summed E-state index contributed by atoms with van der Waals surface area (Å²) in [6, 6.07) is 0. The first-order valence-electron chi connectivity index (χ1n) is 5.20. The predicted molar refractivity (Wildman–Crippen MR) is 54.7 cm³/mol. The minimum absolute atomic E-state index is 0.128. The van der Waals surface area contributed by atoms with Crippen molar-refractivity contribution in [2.75, 3.05) is 20.1 Å². The maximum Gasteiger partial charge on any atom is 0.256 e. The normalized spacial score (nSPS) is 21.3. The molecule has 1 aliphatic heterocycles. The number of nitrogens with zero attached hydrogens (tertiary/aromatic N) is 1. The lowest BCUT2D eigenvalue weighted by Gasteiger charge is -2.21. The van der Waals surface area contributed by atoms with Crippen molar-refractivity contribution in [3.05, 3.63) is 17.5 Å². The van der Waals surface area contributed by atoms with E-state index in [1.54, 1.807) is 7.05 Å². The van der Waals surface area contributed by atoms with Crippen LogP contribution in [-0.2, 0) is 0 Å². The van der Waals surface area contributed by atoms with E-state index in [-0.39, 0.29) is 5.91 Å². The molecule has 15 heavy (non-hydrogen) atoms. The molecule has 0 saturated carbocycles. The zero-order valence-electron chi connectivity index (χ0n) is 8.75. The summed E-state index contributed by atoms with van der Waals surface area (Å²) in [5.41, 5.74) is 1.34. The topological polar surface area (TPSA) is 67.2 Å². The van der Waals surface area contributed by atoms with Crippen LogP contribution in [0.5, 0.6) is 0 Å². The molecule has 0 radical (unpaired) electrons. The highest BCUT2D eigenvalue weighted by molar-refractivity contribution is 5.94. The Morgan fingerprint density at radius 1 is 1.73 bits per heavy atom. The largest absolute Gasteiger partial charge is 0.364 e. The Morgan fingerprint density at radius 2 is 2.60 bits per heavy atom. The first kappa shape index (κ1) is 10.2. The number of hydrogen-bond acceptors (Lipinski definition) is 4. The van der Waals surface area contributed by atoms with Crippen molar-refractivity contribution in [1.82, 2.24) is 15.8 Å². The van der Waals surface area contributed by atoms with Gasteiger partial charge in [0.15, 0.2) is 0 Å². The Labute approximate surface area is 88.2 Å². The number of carbonyl (C=O) groups excluding carboxylic acids is 1. The molecule has 1 aromatic rings. The molecular weight excluding hydrogens is 194 g/mol. The average molecular weight is 209 g/mol. The minimum atomic E-state index is -0.128. The highest BCUT2D eigenvalue weighted by Crippen LogP contribution is 2.24. The number of piperidine rings is 1. The van der Waals surface area contributed by atoms with Gasteiger partial charge in [0.1, 0.15) is 17.5 Å². The average Bonchev–Trinajstić information content (AvgIpc) is 2.78. The van der Waals surface area contributed by atoms with Crippen LogP contribution < -0.4 is 10.6 Å². The van der Waals surface area contributed by atoms with E-state index in [4.69, 9.17) is 4.52 Å². The van der Waals surface area contributed by atoms with E-state index in [0.29, 0.717) is 11.5 Å². The van der Waals surface area contributed by atoms with Crippen LogP contribution in [0.1, 0.15) is 34.8 Å². The van der Waals surface area contributed by atoms with Gasteiger partial charge in [-0.15, -0.1) is 0 Å². The van der Waals surface area contributed by atoms with Crippen molar-refractivity contribution in [2.24, 2.45) is 0 Å². The van der Waals surface area contributed by atoms with Crippen LogP contribution in [0.2, 0.25) is 0 Å². The fourth-order valence-corrected chi connectivity index (χ4v) is 1.93. The van der Waals surface area contributed by atoms with Gasteiger partial charge in [0.2, 0.25) is 0 Å². The summed E-state index contributed by atoms with van der Waals surface area (Å²) < 4.78 is 4.88. The van der Waals surface area contributed by atoms with Crippen molar-refractivity contribution in [3.63, 3.8) is 0 Å². The summed E-state index contributed by atoms with van der Waals surface area (Å²) in [6.07, 6.45) is 3.59. The quantitative estimate of drug-likeness (QED) is 0.744. The van der Waals surface area contributed by atoms with Crippen molar-refractivity contribution >= 4 is 5.91 Å². The second-order valence-corrected chi connectivity index (χ2v) is 3.74. The van der Waals surface area contributed by atoms with Crippen LogP contribution in [0.4, 0.5) is 0 Å². The second kappa shape index (κ2) is 4.44. The van der Waals surface area contributed by atoms with E-state index < -0.39 is 0 Å². The third-order valence-corrected chi connectivity index (χ3v) is 2.75. The molecule has 1 fully saturated rings. The van der Waals surface area contributed by atoms with Crippen molar-refractivity contribution in [2.45, 2.75) is 18.8 Å². The maximum atomic E-state index is 11.5. The van der Waals surface area contributed by atoms with Gasteiger partial charge in [0.25, 0.3) is 5.91 Å². The van der Waals surface area contributed by atoms with Crippen LogP contribution in [0.25, 0.3) is 0 Å². The van der Waals surface area contributed by atoms with E-state index in [9.17, 15) is 4.79 Å². The lowest BCUT2D eigenvalue weighted by molar-refractivity contribution is 0.0961. The number of aromatic nitrogens is 1. The van der Waals surface area contributed by atoms with E-state index in [2.05, 4.69) is 15.8 Å². The predicted octanol–water partition coefficient (Wildman–Crippen LogP) is 0.501. The molecule has 82 valence electrons. The van der Waals surface area contributed by atoms with Crippen LogP contribution >= 0.6 is 0 Å². The molecule has 0 aromatic carbocycles. The number of nitrogens with one attached hydrogen (secondary N) is 2. The van der Waals surface area contributed by atoms with E-state index >= 15 is 0 Å². The van der Waals surface area contributed by atoms with Gasteiger partial charge in [0, 0.05) is 19.5 Å². The summed E-state index contributed by atoms with van der Waals surface area (Å²) in [7, 11) is 1.61. The Hall–Kier alpha value is -1.36. The zero-order chi connectivity index (χ0) is 10.7. The highest BCUT2D eigenvalue weighted by atomic mass is 16.5. The molecule has 1 saturated heterocycles. The summed E-state index contributed by atoms with van der Waals surface area (Å²) >= 11 is 0. The molecule has 1 aliphatic rings. The first-order valence-corrected chi connectivity index (χ1v) is 5.20. The Balaban J connectivity index is 2.19. The van der Waals surface area contributed by atoms with Gasteiger partial charge in [-0.05, 0) is 19.4 Å². The Bertz CT molecular complexity index is 342. The Morgan fingerprint density at radius 3 is 3.27 bits per heavy atom. The van der Waals surface area contributed by atoms with Gasteiger partial charge in [-0.25, -0.2) is 0 Å². The van der Waals surface area contributed by atoms with Crippen molar-refractivity contribution in [3.8, 4) is 0 Å². The van der Waals surface area contributed by atoms with E-state index in [1.165, 1.54) is 6.26 Å². The molecule has 1 aromatic heterocycles. The molecule has 0 unspecified atom stereocenters. The third-order valence-electron chi connectivity index (χ3n) is 2.75. The Kier molecular flexibility index (Phi) is 3.01. The second-order valence-electron chi connectivity index (χ2n) is 3.74. The number of rotatable bonds is 2. The monoisotopic (exact) mass is 209 g/mol. The zero-order valence-corrected chi connectivity index (χ0v) is 8.75. The summed E-state index contributed by atoms with van der Waals surface area (Å²) in [5.74, 6) is 0.168. The van der Waals surface area contributed by atoms with Gasteiger partial charge in [-0.2, -0.15) is 0 Å². The molecule has 5 heteroatoms. The van der Waals surface area contributed by atoms with Gasteiger partial charge in [-0.1, -0.05) is 5.16 Å². The number of hydrogen-bond donors (Lipinski definition) is 2. The van der Waals surface area contributed by atoms with Gasteiger partial charge >= 0.3 is 0 Å². The van der Waals surface area contributed by atoms with Crippen LogP contribution in [-0.4, -0.2) is 31.2 Å². The molecular formula is C10H15N3O2. The number of carbonyl (C=O) groups is 1. The van der Waals surface area contributed by atoms with Gasteiger partial charge < -0.3 is 15.2 Å². The lowest BCUT2D eigenvalue weighted by Crippen LogP contribution is -2.30. The summed E-state index contributed by atoms with van der Waals surface area (Å²) in [6.45, 7) is 1.92. The summed E-state index contributed by atoms with van der Waals surface area (Å²) in [4.78, 5) is 11.5. The molecule has 0 bridgehead atoms. The van der Waals surface area contributed by atoms with Crippen LogP contribution in [0.3, 0.4) is 0 Å². The number of amides is 1. The van der Waals surface area contributed by atoms with Crippen LogP contribution in [0, 0.1) is 0 Å². The third kappa shape index (κ3) is 2.02. The smallest absolute Gasteiger partial charge is 0.256 e. The molecule has 2 rings (SSSR count). The molecule has 1 amide bonds. The lowest BCUT2D eigenvalue weighted by atomic mass is 9.93. The first-order chi connectivity index (χ1) is 7.33. The highest BCUT2D eigenvalue weighted by Gasteiger charge is 2.24.